The van der Waals surface area contributed by atoms with Crippen LogP contribution in [0.25, 0.3) is 0 Å². The number of carbonyl (C=O) groups is 2. The Bertz CT molecular complexity index is 1590. The van der Waals surface area contributed by atoms with Gasteiger partial charge in [0.15, 0.2) is 29.1 Å². The first kappa shape index (κ1) is 29.9. The summed E-state index contributed by atoms with van der Waals surface area (Å²) in [5, 5.41) is 22.0. The minimum atomic E-state index is -2.03. The average molecular weight is 620 g/mol. The lowest BCUT2D eigenvalue weighted by atomic mass is 9.44. The highest BCUT2D eigenvalue weighted by Gasteiger charge is 2.79. The Morgan fingerprint density at radius 3 is 2.73 bits per heavy atom. The van der Waals surface area contributed by atoms with Crippen molar-refractivity contribution >= 4 is 29.0 Å². The number of anilines is 1. The molecule has 7 rings (SSSR count). The molecule has 2 aromatic rings. The zero-order valence-corrected chi connectivity index (χ0v) is 25.7. The Labute approximate surface area is 260 Å². The van der Waals surface area contributed by atoms with Crippen molar-refractivity contribution in [2.75, 3.05) is 12.3 Å². The monoisotopic (exact) mass is 619 g/mol. The van der Waals surface area contributed by atoms with Gasteiger partial charge in [-0.15, -0.1) is 11.8 Å². The van der Waals surface area contributed by atoms with E-state index in [-0.39, 0.29) is 18.1 Å². The van der Waals surface area contributed by atoms with Gasteiger partial charge in [0.2, 0.25) is 0 Å². The van der Waals surface area contributed by atoms with Gasteiger partial charge in [-0.25, -0.2) is 4.39 Å². The van der Waals surface area contributed by atoms with Crippen LogP contribution in [-0.4, -0.2) is 51.9 Å². The number of halogens is 1. The molecule has 44 heavy (non-hydrogen) atoms. The summed E-state index contributed by atoms with van der Waals surface area (Å²) < 4.78 is 30.8. The fourth-order valence-corrected chi connectivity index (χ4v) is 10.2. The molecule has 9 heteroatoms. The molecular weight excluding hydrogens is 581 g/mol. The van der Waals surface area contributed by atoms with Crippen LogP contribution in [0.3, 0.4) is 0 Å². The van der Waals surface area contributed by atoms with E-state index in [0.717, 1.165) is 16.0 Å². The Hall–Kier alpha value is -2.82. The second-order valence-electron chi connectivity index (χ2n) is 13.5. The van der Waals surface area contributed by atoms with Crippen LogP contribution in [0.4, 0.5) is 10.1 Å². The van der Waals surface area contributed by atoms with E-state index in [4.69, 9.17) is 15.2 Å². The number of aliphatic hydroxyl groups is 2. The average Bonchev–Trinajstić information content (AvgIpc) is 3.50. The number of rotatable bonds is 6. The number of nitrogen functional groups attached to an aromatic ring is 1. The maximum absolute atomic E-state index is 17.6. The molecule has 9 atom stereocenters. The lowest BCUT2D eigenvalue weighted by Crippen LogP contribution is -2.69. The van der Waals surface area contributed by atoms with Crippen LogP contribution in [0.2, 0.25) is 0 Å². The summed E-state index contributed by atoms with van der Waals surface area (Å²) in [6.07, 6.45) is 2.83. The van der Waals surface area contributed by atoms with Crippen LogP contribution in [0.5, 0.6) is 0 Å². The SMILES string of the molecule is C[C@]12C=CC(=O)C=C1CC[C@H]1[C@@H]3C[C@H]4O[C@@H](c5cccc(CSc6cccc(N)c6)c5)O[C@@]4(C(=O)CO)[C@@]3(C)C[C@H](O)[C@@]12F. The van der Waals surface area contributed by atoms with E-state index < -0.39 is 58.9 Å². The van der Waals surface area contributed by atoms with E-state index >= 15 is 4.39 Å². The predicted molar refractivity (Wildman–Crippen MR) is 164 cm³/mol. The molecule has 5 aliphatic rings. The number of hydrogen-bond donors (Lipinski definition) is 3. The van der Waals surface area contributed by atoms with E-state index in [2.05, 4.69) is 0 Å². The van der Waals surface area contributed by atoms with Gasteiger partial charge in [0.05, 0.1) is 12.2 Å². The first-order chi connectivity index (χ1) is 21.0. The molecule has 1 saturated heterocycles. The molecule has 4 fully saturated rings. The molecule has 1 heterocycles. The van der Waals surface area contributed by atoms with Crippen molar-refractivity contribution in [3.8, 4) is 0 Å². The molecule has 7 nitrogen and oxygen atoms in total. The third-order valence-electron chi connectivity index (χ3n) is 11.4. The molecule has 0 radical (unpaired) electrons. The van der Waals surface area contributed by atoms with Crippen LogP contribution < -0.4 is 5.73 Å². The van der Waals surface area contributed by atoms with Gasteiger partial charge in [-0.1, -0.05) is 42.8 Å². The summed E-state index contributed by atoms with van der Waals surface area (Å²) >= 11 is 1.66. The van der Waals surface area contributed by atoms with Crippen LogP contribution in [0, 0.1) is 22.7 Å². The molecular formula is C35H38FNO6S. The van der Waals surface area contributed by atoms with Gasteiger partial charge in [0, 0.05) is 38.6 Å². The maximum atomic E-state index is 17.6. The summed E-state index contributed by atoms with van der Waals surface area (Å²) in [5.74, 6) is -0.924. The number of nitrogens with two attached hydrogens (primary N) is 1. The number of thioether (sulfide) groups is 1. The van der Waals surface area contributed by atoms with Crippen molar-refractivity contribution in [2.24, 2.45) is 22.7 Å². The molecule has 0 unspecified atom stereocenters. The van der Waals surface area contributed by atoms with Crippen molar-refractivity contribution < 1.29 is 33.7 Å². The number of carbonyl (C=O) groups excluding carboxylic acids is 2. The molecule has 2 aromatic carbocycles. The highest BCUT2D eigenvalue weighted by atomic mass is 32.2. The van der Waals surface area contributed by atoms with Gasteiger partial charge < -0.3 is 25.4 Å². The van der Waals surface area contributed by atoms with E-state index in [0.29, 0.717) is 36.3 Å². The third kappa shape index (κ3) is 4.02. The quantitative estimate of drug-likeness (QED) is 0.296. The molecule has 4 N–H and O–H groups in total. The fourth-order valence-electron chi connectivity index (χ4n) is 9.32. The molecule has 0 spiro atoms. The Morgan fingerprint density at radius 2 is 1.95 bits per heavy atom. The van der Waals surface area contributed by atoms with E-state index in [1.54, 1.807) is 24.8 Å². The van der Waals surface area contributed by atoms with Crippen LogP contribution in [0.15, 0.2) is 77.2 Å². The zero-order valence-electron chi connectivity index (χ0n) is 24.9. The number of hydrogen-bond acceptors (Lipinski definition) is 8. The number of ether oxygens (including phenoxy) is 2. The van der Waals surface area contributed by atoms with Gasteiger partial charge in [-0.3, -0.25) is 9.59 Å². The number of fused-ring (bicyclic) bond motifs is 7. The lowest BCUT2D eigenvalue weighted by molar-refractivity contribution is -0.231. The summed E-state index contributed by atoms with van der Waals surface area (Å²) in [5.41, 5.74) is 3.44. The highest BCUT2D eigenvalue weighted by Crippen LogP contribution is 2.72. The second-order valence-corrected chi connectivity index (χ2v) is 14.5. The topological polar surface area (TPSA) is 119 Å². The number of aliphatic hydroxyl groups excluding tert-OH is 2. The van der Waals surface area contributed by atoms with Gasteiger partial charge in [-0.2, -0.15) is 0 Å². The minimum Gasteiger partial charge on any atom is -0.399 e. The Balaban J connectivity index is 1.19. The van der Waals surface area contributed by atoms with Crippen LogP contribution in [-0.2, 0) is 24.8 Å². The highest BCUT2D eigenvalue weighted by molar-refractivity contribution is 7.98. The molecule has 4 aliphatic carbocycles. The lowest BCUT2D eigenvalue weighted by Gasteiger charge is -2.62. The van der Waals surface area contributed by atoms with Gasteiger partial charge >= 0.3 is 0 Å². The number of benzene rings is 2. The summed E-state index contributed by atoms with van der Waals surface area (Å²) in [4.78, 5) is 27.0. The van der Waals surface area contributed by atoms with E-state index in [9.17, 15) is 19.8 Å². The first-order valence-corrected chi connectivity index (χ1v) is 16.3. The van der Waals surface area contributed by atoms with Gasteiger partial charge in [0.25, 0.3) is 0 Å². The van der Waals surface area contributed by atoms with Crippen LogP contribution >= 0.6 is 11.8 Å². The fraction of sp³-hybridized carbons (Fsp3) is 0.486. The largest absolute Gasteiger partial charge is 0.399 e. The Kier molecular flexibility index (Phi) is 7.03. The summed E-state index contributed by atoms with van der Waals surface area (Å²) in [7, 11) is 0. The third-order valence-corrected chi connectivity index (χ3v) is 12.5. The molecule has 0 bridgehead atoms. The number of alkyl halides is 1. The predicted octanol–water partition coefficient (Wildman–Crippen LogP) is 5.26. The van der Waals surface area contributed by atoms with Crippen molar-refractivity contribution in [2.45, 2.75) is 79.9 Å². The molecule has 0 aromatic heterocycles. The standard InChI is InChI=1S/C35H38FNO6S/c1-32-12-11-24(39)14-22(32)9-10-26-27-16-30-35(29(41)18-38,33(27,2)17-28(40)34(26,32)36)43-31(42-30)21-6-3-5-20(13-21)19-44-25-8-4-7-23(37)15-25/h3-8,11-15,26-28,30-31,38,40H,9-10,16-19,37H2,1-2H3/t26-,27-,28-,30+,31+,32-,33-,34-,35+/m0/s1. The number of Topliss-reactive ketones (excluding diaryl/α,β-unsaturated/α-hetero) is 1. The molecule has 232 valence electrons. The van der Waals surface area contributed by atoms with Crippen molar-refractivity contribution in [1.82, 2.24) is 0 Å². The van der Waals surface area contributed by atoms with Crippen molar-refractivity contribution in [3.63, 3.8) is 0 Å². The van der Waals surface area contributed by atoms with E-state index in [1.807, 2.05) is 55.5 Å². The summed E-state index contributed by atoms with van der Waals surface area (Å²) in [6.45, 7) is 2.92. The summed E-state index contributed by atoms with van der Waals surface area (Å²) in [6, 6.07) is 15.5. The van der Waals surface area contributed by atoms with Gasteiger partial charge in [-0.05, 0) is 80.5 Å². The van der Waals surface area contributed by atoms with E-state index in [1.165, 1.54) is 12.2 Å². The molecule has 3 saturated carbocycles. The minimum absolute atomic E-state index is 0.0372. The number of allylic oxidation sites excluding steroid dienone is 4. The van der Waals surface area contributed by atoms with Crippen molar-refractivity contribution in [3.05, 3.63) is 83.5 Å². The zero-order chi connectivity index (χ0) is 31.1. The second kappa shape index (κ2) is 10.4. The molecule has 0 amide bonds. The van der Waals surface area contributed by atoms with Crippen molar-refractivity contribution in [1.29, 1.82) is 0 Å². The normalized spacial score (nSPS) is 40.5. The smallest absolute Gasteiger partial charge is 0.193 e. The first-order valence-electron chi connectivity index (χ1n) is 15.3. The van der Waals surface area contributed by atoms with Crippen LogP contribution in [0.1, 0.15) is 56.9 Å². The molecule has 1 aliphatic heterocycles. The Morgan fingerprint density at radius 1 is 1.16 bits per heavy atom. The number of ketones is 2. The van der Waals surface area contributed by atoms with Gasteiger partial charge in [0.1, 0.15) is 6.61 Å². The maximum Gasteiger partial charge on any atom is 0.193 e.